The Labute approximate surface area is 112 Å². The average Bonchev–Trinajstić information content (AvgIpc) is 2.46. The molecule has 1 aliphatic heterocycles. The van der Waals surface area contributed by atoms with E-state index in [0.29, 0.717) is 19.0 Å². The predicted octanol–water partition coefficient (Wildman–Crippen LogP) is 2.38. The minimum absolute atomic E-state index is 0.0673. The van der Waals surface area contributed by atoms with Gasteiger partial charge >= 0.3 is 5.69 Å². The molecule has 6 heteroatoms. The van der Waals surface area contributed by atoms with Crippen LogP contribution in [-0.4, -0.2) is 35.2 Å². The fourth-order valence-corrected chi connectivity index (χ4v) is 2.36. The summed E-state index contributed by atoms with van der Waals surface area (Å²) in [6.07, 6.45) is 3.49. The predicted molar refractivity (Wildman–Crippen MR) is 72.3 cm³/mol. The van der Waals surface area contributed by atoms with Crippen molar-refractivity contribution in [3.63, 3.8) is 0 Å². The highest BCUT2D eigenvalue weighted by molar-refractivity contribution is 5.58. The maximum atomic E-state index is 11.1. The Morgan fingerprint density at radius 1 is 1.53 bits per heavy atom. The van der Waals surface area contributed by atoms with Crippen molar-refractivity contribution >= 4 is 11.5 Å². The van der Waals surface area contributed by atoms with Gasteiger partial charge in [-0.2, -0.15) is 0 Å². The highest BCUT2D eigenvalue weighted by Gasteiger charge is 2.32. The third-order valence-electron chi connectivity index (χ3n) is 3.53. The molecule has 1 aliphatic rings. The molecule has 0 aliphatic carbocycles. The molecule has 0 aromatic carbocycles. The molecule has 1 fully saturated rings. The summed E-state index contributed by atoms with van der Waals surface area (Å²) in [4.78, 5) is 17.0. The number of nitrogens with zero attached hydrogens (tertiary/aromatic N) is 3. The second-order valence-corrected chi connectivity index (χ2v) is 4.68. The molecule has 1 saturated heterocycles. The molecule has 0 spiro atoms. The molecule has 2 atom stereocenters. The van der Waals surface area contributed by atoms with E-state index in [1.807, 2.05) is 4.90 Å². The van der Waals surface area contributed by atoms with Crippen LogP contribution in [-0.2, 0) is 4.74 Å². The second kappa shape index (κ2) is 5.97. The smallest absolute Gasteiger partial charge is 0.311 e. The fourth-order valence-electron chi connectivity index (χ4n) is 2.36. The van der Waals surface area contributed by atoms with Crippen molar-refractivity contribution in [1.29, 1.82) is 0 Å². The number of pyridine rings is 1. The number of morpholine rings is 1. The third-order valence-corrected chi connectivity index (χ3v) is 3.53. The van der Waals surface area contributed by atoms with Gasteiger partial charge in [-0.1, -0.05) is 13.8 Å². The molecule has 0 radical (unpaired) electrons. The van der Waals surface area contributed by atoms with Gasteiger partial charge in [0.1, 0.15) is 0 Å². The number of anilines is 1. The third kappa shape index (κ3) is 2.84. The van der Waals surface area contributed by atoms with Crippen molar-refractivity contribution in [2.45, 2.75) is 38.8 Å². The van der Waals surface area contributed by atoms with Crippen LogP contribution < -0.4 is 4.90 Å². The van der Waals surface area contributed by atoms with E-state index in [-0.39, 0.29) is 22.8 Å². The summed E-state index contributed by atoms with van der Waals surface area (Å²) in [7, 11) is 0. The Morgan fingerprint density at radius 3 is 2.95 bits per heavy atom. The Morgan fingerprint density at radius 2 is 2.32 bits per heavy atom. The summed E-state index contributed by atoms with van der Waals surface area (Å²) in [5.74, 6) is 0.459. The minimum Gasteiger partial charge on any atom is -0.374 e. The molecule has 2 rings (SSSR count). The molecule has 0 saturated carbocycles. The monoisotopic (exact) mass is 265 g/mol. The van der Waals surface area contributed by atoms with E-state index in [4.69, 9.17) is 4.74 Å². The standard InChI is InChI=1S/C13H19N3O3/c1-3-10-9-19-11(4-2)8-15(10)13-12(16(17)18)6-5-7-14-13/h5-7,10-11H,3-4,8-9H2,1-2H3. The van der Waals surface area contributed by atoms with Crippen LogP contribution in [0, 0.1) is 10.1 Å². The first-order valence-electron chi connectivity index (χ1n) is 6.65. The average molecular weight is 265 g/mol. The maximum absolute atomic E-state index is 11.1. The van der Waals surface area contributed by atoms with Gasteiger partial charge in [-0.05, 0) is 18.9 Å². The largest absolute Gasteiger partial charge is 0.374 e. The molecule has 104 valence electrons. The van der Waals surface area contributed by atoms with Gasteiger partial charge in [0.2, 0.25) is 5.82 Å². The molecule has 19 heavy (non-hydrogen) atoms. The van der Waals surface area contributed by atoms with Crippen LogP contribution in [0.25, 0.3) is 0 Å². The highest BCUT2D eigenvalue weighted by atomic mass is 16.6. The van der Waals surface area contributed by atoms with Crippen LogP contribution in [0.3, 0.4) is 0 Å². The van der Waals surface area contributed by atoms with E-state index < -0.39 is 0 Å². The molecule has 2 heterocycles. The van der Waals surface area contributed by atoms with E-state index in [1.54, 1.807) is 12.3 Å². The van der Waals surface area contributed by atoms with Gasteiger partial charge in [0.15, 0.2) is 0 Å². The molecule has 1 aromatic heterocycles. The summed E-state index contributed by atoms with van der Waals surface area (Å²) in [6, 6.07) is 3.25. The van der Waals surface area contributed by atoms with Gasteiger partial charge in [-0.3, -0.25) is 10.1 Å². The van der Waals surface area contributed by atoms with Gasteiger partial charge in [0, 0.05) is 18.8 Å². The molecule has 2 unspecified atom stereocenters. The lowest BCUT2D eigenvalue weighted by Crippen LogP contribution is -2.50. The Kier molecular flexibility index (Phi) is 4.31. The SMILES string of the molecule is CCC1CN(c2ncccc2[N+](=O)[O-])C(CC)CO1. The van der Waals surface area contributed by atoms with Gasteiger partial charge < -0.3 is 9.64 Å². The van der Waals surface area contributed by atoms with Crippen molar-refractivity contribution in [3.05, 3.63) is 28.4 Å². The van der Waals surface area contributed by atoms with Crippen molar-refractivity contribution in [2.75, 3.05) is 18.1 Å². The summed E-state index contributed by atoms with van der Waals surface area (Å²) in [5, 5.41) is 11.1. The van der Waals surface area contributed by atoms with Crippen molar-refractivity contribution in [3.8, 4) is 0 Å². The van der Waals surface area contributed by atoms with Gasteiger partial charge in [0.05, 0.1) is 23.7 Å². The first-order valence-corrected chi connectivity index (χ1v) is 6.65. The quantitative estimate of drug-likeness (QED) is 0.617. The number of aromatic nitrogens is 1. The van der Waals surface area contributed by atoms with Gasteiger partial charge in [-0.25, -0.2) is 4.98 Å². The van der Waals surface area contributed by atoms with Crippen LogP contribution in [0.2, 0.25) is 0 Å². The lowest BCUT2D eigenvalue weighted by atomic mass is 10.1. The summed E-state index contributed by atoms with van der Waals surface area (Å²) < 4.78 is 5.74. The zero-order valence-electron chi connectivity index (χ0n) is 11.3. The zero-order chi connectivity index (χ0) is 13.8. The zero-order valence-corrected chi connectivity index (χ0v) is 11.3. The second-order valence-electron chi connectivity index (χ2n) is 4.68. The Balaban J connectivity index is 2.33. The molecule has 1 aromatic rings. The molecular formula is C13H19N3O3. The molecule has 0 bridgehead atoms. The van der Waals surface area contributed by atoms with E-state index in [9.17, 15) is 10.1 Å². The Hall–Kier alpha value is -1.69. The molecule has 0 amide bonds. The summed E-state index contributed by atoms with van der Waals surface area (Å²) >= 11 is 0. The topological polar surface area (TPSA) is 68.5 Å². The normalized spacial score (nSPS) is 23.4. The van der Waals surface area contributed by atoms with Crippen LogP contribution in [0.15, 0.2) is 18.3 Å². The summed E-state index contributed by atoms with van der Waals surface area (Å²) in [5.41, 5.74) is 0.0673. The lowest BCUT2D eigenvalue weighted by Gasteiger charge is -2.39. The number of hydrogen-bond donors (Lipinski definition) is 0. The number of hydrogen-bond acceptors (Lipinski definition) is 5. The van der Waals surface area contributed by atoms with Crippen LogP contribution >= 0.6 is 0 Å². The van der Waals surface area contributed by atoms with Crippen LogP contribution in [0.5, 0.6) is 0 Å². The van der Waals surface area contributed by atoms with E-state index in [2.05, 4.69) is 18.8 Å². The first-order chi connectivity index (χ1) is 9.17. The minimum atomic E-state index is -0.370. The fraction of sp³-hybridized carbons (Fsp3) is 0.615. The first kappa shape index (κ1) is 13.7. The highest BCUT2D eigenvalue weighted by Crippen LogP contribution is 2.30. The van der Waals surface area contributed by atoms with E-state index >= 15 is 0 Å². The van der Waals surface area contributed by atoms with Crippen molar-refractivity contribution in [2.24, 2.45) is 0 Å². The molecule has 0 N–H and O–H groups in total. The van der Waals surface area contributed by atoms with Crippen molar-refractivity contribution in [1.82, 2.24) is 4.98 Å². The van der Waals surface area contributed by atoms with Gasteiger partial charge in [0.25, 0.3) is 0 Å². The van der Waals surface area contributed by atoms with E-state index in [0.717, 1.165) is 12.8 Å². The van der Waals surface area contributed by atoms with E-state index in [1.165, 1.54) is 6.07 Å². The molecule has 6 nitrogen and oxygen atoms in total. The number of nitro groups is 1. The lowest BCUT2D eigenvalue weighted by molar-refractivity contribution is -0.384. The van der Waals surface area contributed by atoms with Crippen molar-refractivity contribution < 1.29 is 9.66 Å². The number of rotatable bonds is 4. The number of ether oxygens (including phenoxy) is 1. The van der Waals surface area contributed by atoms with Crippen LogP contribution in [0.4, 0.5) is 11.5 Å². The Bertz CT molecular complexity index is 453. The molecular weight excluding hydrogens is 246 g/mol. The maximum Gasteiger partial charge on any atom is 0.311 e. The summed E-state index contributed by atoms with van der Waals surface area (Å²) in [6.45, 7) is 5.37. The van der Waals surface area contributed by atoms with Crippen LogP contribution in [0.1, 0.15) is 26.7 Å². The van der Waals surface area contributed by atoms with Gasteiger partial charge in [-0.15, -0.1) is 0 Å².